The van der Waals surface area contributed by atoms with Gasteiger partial charge < -0.3 is 5.32 Å². The highest BCUT2D eigenvalue weighted by molar-refractivity contribution is 5.87. The highest BCUT2D eigenvalue weighted by atomic mass is 14.8. The van der Waals surface area contributed by atoms with Crippen LogP contribution in [0.5, 0.6) is 0 Å². The lowest BCUT2D eigenvalue weighted by atomic mass is 9.95. The molecule has 0 aliphatic heterocycles. The van der Waals surface area contributed by atoms with E-state index in [2.05, 4.69) is 72.9 Å². The minimum Gasteiger partial charge on any atom is -0.316 e. The van der Waals surface area contributed by atoms with Gasteiger partial charge >= 0.3 is 0 Å². The first-order valence-electron chi connectivity index (χ1n) is 7.01. The molecular weight excluding hydrogens is 242 g/mol. The Kier molecular flexibility index (Phi) is 3.53. The van der Waals surface area contributed by atoms with Gasteiger partial charge in [0, 0.05) is 6.54 Å². The van der Waals surface area contributed by atoms with E-state index in [0.717, 1.165) is 6.54 Å². The maximum atomic E-state index is 3.25. The van der Waals surface area contributed by atoms with Gasteiger partial charge in [0.05, 0.1) is 0 Å². The van der Waals surface area contributed by atoms with Crippen molar-refractivity contribution in [1.82, 2.24) is 5.32 Å². The number of hydrogen-bond acceptors (Lipinski definition) is 1. The Morgan fingerprint density at radius 1 is 0.850 bits per heavy atom. The van der Waals surface area contributed by atoms with Crippen LogP contribution in [0.4, 0.5) is 0 Å². The number of benzene rings is 3. The monoisotopic (exact) mass is 261 g/mol. The van der Waals surface area contributed by atoms with Crippen LogP contribution >= 0.6 is 0 Å². The Bertz CT molecular complexity index is 744. The van der Waals surface area contributed by atoms with Crippen LogP contribution in [0.3, 0.4) is 0 Å². The molecule has 0 radical (unpaired) electrons. The molecule has 0 aromatic heterocycles. The van der Waals surface area contributed by atoms with Crippen molar-refractivity contribution < 1.29 is 0 Å². The summed E-state index contributed by atoms with van der Waals surface area (Å²) < 4.78 is 0. The average molecular weight is 261 g/mol. The first-order valence-corrected chi connectivity index (χ1v) is 7.01. The lowest BCUT2D eigenvalue weighted by molar-refractivity contribution is 0.819. The van der Waals surface area contributed by atoms with Crippen LogP contribution in [0.2, 0.25) is 0 Å². The highest BCUT2D eigenvalue weighted by Crippen LogP contribution is 2.28. The van der Waals surface area contributed by atoms with Gasteiger partial charge in [-0.25, -0.2) is 0 Å². The van der Waals surface area contributed by atoms with E-state index >= 15 is 0 Å². The summed E-state index contributed by atoms with van der Waals surface area (Å²) in [6.07, 6.45) is 0. The van der Waals surface area contributed by atoms with Gasteiger partial charge in [-0.1, -0.05) is 60.2 Å². The number of hydrogen-bond donors (Lipinski definition) is 1. The second-order valence-corrected chi connectivity index (χ2v) is 5.25. The van der Waals surface area contributed by atoms with Crippen LogP contribution in [-0.4, -0.2) is 7.05 Å². The van der Waals surface area contributed by atoms with Crippen LogP contribution in [0.1, 0.15) is 11.1 Å². The quantitative estimate of drug-likeness (QED) is 0.730. The fourth-order valence-corrected chi connectivity index (χ4v) is 2.66. The molecule has 100 valence electrons. The molecule has 20 heavy (non-hydrogen) atoms. The number of rotatable bonds is 3. The molecule has 0 fully saturated rings. The largest absolute Gasteiger partial charge is 0.316 e. The topological polar surface area (TPSA) is 12.0 Å². The van der Waals surface area contributed by atoms with Crippen LogP contribution < -0.4 is 5.32 Å². The van der Waals surface area contributed by atoms with Crippen molar-refractivity contribution in [2.75, 3.05) is 7.05 Å². The molecule has 1 nitrogen and oxygen atoms in total. The lowest BCUT2D eigenvalue weighted by Crippen LogP contribution is -2.06. The van der Waals surface area contributed by atoms with Gasteiger partial charge in [-0.05, 0) is 47.5 Å². The highest BCUT2D eigenvalue weighted by Gasteiger charge is 2.06. The third-order valence-electron chi connectivity index (χ3n) is 3.69. The summed E-state index contributed by atoms with van der Waals surface area (Å²) in [5, 5.41) is 5.84. The first-order chi connectivity index (χ1) is 9.78. The Labute approximate surface area is 120 Å². The van der Waals surface area contributed by atoms with Crippen molar-refractivity contribution in [3.63, 3.8) is 0 Å². The fraction of sp³-hybridized carbons (Fsp3) is 0.158. The third-order valence-corrected chi connectivity index (χ3v) is 3.69. The SMILES string of the molecule is CNCc1ccc(C)cc1-c1ccc2ccccc2c1. The van der Waals surface area contributed by atoms with Gasteiger partial charge in [0.25, 0.3) is 0 Å². The van der Waals surface area contributed by atoms with E-state index < -0.39 is 0 Å². The predicted molar refractivity (Wildman–Crippen MR) is 86.9 cm³/mol. The van der Waals surface area contributed by atoms with Gasteiger partial charge in [-0.15, -0.1) is 0 Å². The third kappa shape index (κ3) is 2.45. The summed E-state index contributed by atoms with van der Waals surface area (Å²) >= 11 is 0. The van der Waals surface area contributed by atoms with E-state index in [1.165, 1.54) is 33.0 Å². The van der Waals surface area contributed by atoms with E-state index in [4.69, 9.17) is 0 Å². The van der Waals surface area contributed by atoms with Crippen molar-refractivity contribution in [3.8, 4) is 11.1 Å². The summed E-state index contributed by atoms with van der Waals surface area (Å²) in [7, 11) is 1.99. The fourth-order valence-electron chi connectivity index (χ4n) is 2.66. The zero-order valence-electron chi connectivity index (χ0n) is 12.0. The van der Waals surface area contributed by atoms with Crippen LogP contribution in [0.15, 0.2) is 60.7 Å². The van der Waals surface area contributed by atoms with Crippen molar-refractivity contribution in [2.45, 2.75) is 13.5 Å². The Morgan fingerprint density at radius 3 is 2.45 bits per heavy atom. The normalized spacial score (nSPS) is 10.9. The van der Waals surface area contributed by atoms with Gasteiger partial charge in [0.2, 0.25) is 0 Å². The van der Waals surface area contributed by atoms with Gasteiger partial charge in [0.1, 0.15) is 0 Å². The predicted octanol–water partition coefficient (Wildman–Crippen LogP) is 4.53. The summed E-state index contributed by atoms with van der Waals surface area (Å²) in [6, 6.07) is 21.9. The maximum absolute atomic E-state index is 3.25. The van der Waals surface area contributed by atoms with Crippen molar-refractivity contribution >= 4 is 10.8 Å². The van der Waals surface area contributed by atoms with E-state index in [-0.39, 0.29) is 0 Å². The molecule has 0 bridgehead atoms. The Hall–Kier alpha value is -2.12. The molecule has 0 saturated heterocycles. The van der Waals surface area contributed by atoms with Crippen LogP contribution in [0.25, 0.3) is 21.9 Å². The number of aryl methyl sites for hydroxylation is 1. The standard InChI is InChI=1S/C19H19N/c1-14-7-8-18(13-20-2)19(11-14)17-10-9-15-5-3-4-6-16(15)12-17/h3-12,20H,13H2,1-2H3. The minimum absolute atomic E-state index is 0.891. The molecule has 1 heteroatoms. The second-order valence-electron chi connectivity index (χ2n) is 5.25. The average Bonchev–Trinajstić information content (AvgIpc) is 2.49. The smallest absolute Gasteiger partial charge is 0.0208 e. The van der Waals surface area contributed by atoms with Crippen LogP contribution in [0, 0.1) is 6.92 Å². The molecule has 3 rings (SSSR count). The molecule has 0 saturated carbocycles. The van der Waals surface area contributed by atoms with E-state index in [0.29, 0.717) is 0 Å². The van der Waals surface area contributed by atoms with E-state index in [1.807, 2.05) is 7.05 Å². The Morgan fingerprint density at radius 2 is 1.65 bits per heavy atom. The molecule has 0 atom stereocenters. The molecule has 0 heterocycles. The zero-order chi connectivity index (χ0) is 13.9. The minimum atomic E-state index is 0.891. The first kappa shape index (κ1) is 12.9. The van der Waals surface area contributed by atoms with Crippen molar-refractivity contribution in [3.05, 3.63) is 71.8 Å². The van der Waals surface area contributed by atoms with Crippen molar-refractivity contribution in [1.29, 1.82) is 0 Å². The molecule has 3 aromatic rings. The van der Waals surface area contributed by atoms with Gasteiger partial charge in [0.15, 0.2) is 0 Å². The number of nitrogens with one attached hydrogen (secondary N) is 1. The molecule has 0 spiro atoms. The van der Waals surface area contributed by atoms with E-state index in [1.54, 1.807) is 0 Å². The van der Waals surface area contributed by atoms with Gasteiger partial charge in [-0.3, -0.25) is 0 Å². The van der Waals surface area contributed by atoms with E-state index in [9.17, 15) is 0 Å². The second kappa shape index (κ2) is 5.48. The molecule has 0 aliphatic carbocycles. The molecule has 0 unspecified atom stereocenters. The maximum Gasteiger partial charge on any atom is 0.0208 e. The summed E-state index contributed by atoms with van der Waals surface area (Å²) in [6.45, 7) is 3.04. The molecule has 1 N–H and O–H groups in total. The van der Waals surface area contributed by atoms with Crippen LogP contribution in [-0.2, 0) is 6.54 Å². The summed E-state index contributed by atoms with van der Waals surface area (Å²) in [5.74, 6) is 0. The Balaban J connectivity index is 2.16. The number of fused-ring (bicyclic) bond motifs is 1. The zero-order valence-corrected chi connectivity index (χ0v) is 12.0. The van der Waals surface area contributed by atoms with Crippen molar-refractivity contribution in [2.24, 2.45) is 0 Å². The van der Waals surface area contributed by atoms with Gasteiger partial charge in [-0.2, -0.15) is 0 Å². The lowest BCUT2D eigenvalue weighted by Gasteiger charge is -2.11. The molecule has 0 amide bonds. The molecular formula is C19H19N. The summed E-state index contributed by atoms with van der Waals surface area (Å²) in [4.78, 5) is 0. The molecule has 3 aromatic carbocycles. The molecule has 0 aliphatic rings. The summed E-state index contributed by atoms with van der Waals surface area (Å²) in [5.41, 5.74) is 5.25.